The van der Waals surface area contributed by atoms with E-state index in [9.17, 15) is 0 Å². The zero-order valence-electron chi connectivity index (χ0n) is 45.1. The van der Waals surface area contributed by atoms with Gasteiger partial charge in [-0.2, -0.15) is 52.8 Å². The van der Waals surface area contributed by atoms with E-state index in [1.165, 1.54) is 11.1 Å². The molecule has 0 radical (unpaired) electrons. The molecule has 384 valence electrons. The summed E-state index contributed by atoms with van der Waals surface area (Å²) in [5.41, 5.74) is 13.5. The molecule has 0 saturated heterocycles. The van der Waals surface area contributed by atoms with E-state index in [0.29, 0.717) is 11.9 Å². The molecule has 10 heteroatoms. The molecule has 0 bridgehead atoms. The second-order valence-corrected chi connectivity index (χ2v) is 22.4. The Bertz CT molecular complexity index is 4050. The topological polar surface area (TPSA) is 81.7 Å². The van der Waals surface area contributed by atoms with Gasteiger partial charge in [-0.15, -0.1) is 12.1 Å². The van der Waals surface area contributed by atoms with Crippen molar-refractivity contribution in [2.24, 2.45) is 0 Å². The van der Waals surface area contributed by atoms with Crippen LogP contribution in [0.25, 0.3) is 77.9 Å². The molecule has 0 aliphatic heterocycles. The molecular formula is C67H62IrN8O+. The van der Waals surface area contributed by atoms with Crippen LogP contribution in [-0.2, 0) is 36.4 Å². The number of aromatic nitrogens is 7. The number of furan rings is 1. The number of para-hydroxylation sites is 7. The zero-order valence-corrected chi connectivity index (χ0v) is 47.5. The molecule has 9 nitrogen and oxygen atoms in total. The first kappa shape index (κ1) is 52.2. The van der Waals surface area contributed by atoms with Gasteiger partial charge in [0.25, 0.3) is 0 Å². The van der Waals surface area contributed by atoms with E-state index in [2.05, 4.69) is 207 Å². The van der Waals surface area contributed by atoms with Gasteiger partial charge in [0.2, 0.25) is 11.9 Å². The van der Waals surface area contributed by atoms with Gasteiger partial charge in [-0.1, -0.05) is 177 Å². The fraction of sp³-hybridized carbons (Fsp3) is 0.179. The van der Waals surface area contributed by atoms with E-state index in [0.717, 1.165) is 95.2 Å². The number of benzene rings is 8. The van der Waals surface area contributed by atoms with Crippen LogP contribution in [0.4, 0.5) is 17.6 Å². The van der Waals surface area contributed by atoms with Gasteiger partial charge < -0.3 is 8.98 Å². The van der Waals surface area contributed by atoms with Crippen LogP contribution in [0, 0.1) is 20.0 Å². The maximum atomic E-state index is 6.54. The molecule has 0 spiro atoms. The normalized spacial score (nSPS) is 12.0. The average Bonchev–Trinajstić information content (AvgIpc) is 4.09. The van der Waals surface area contributed by atoms with Crippen molar-refractivity contribution in [2.75, 3.05) is 4.90 Å². The predicted octanol–water partition coefficient (Wildman–Crippen LogP) is 16.3. The Labute approximate surface area is 465 Å². The molecule has 77 heavy (non-hydrogen) atoms. The Morgan fingerprint density at radius 1 is 0.571 bits per heavy atom. The molecular weight excluding hydrogens is 1130 g/mol. The van der Waals surface area contributed by atoms with Crippen molar-refractivity contribution in [1.29, 1.82) is 0 Å². The number of hydrogen-bond acceptors (Lipinski definition) is 6. The molecule has 0 atom stereocenters. The first-order valence-corrected chi connectivity index (χ1v) is 25.9. The van der Waals surface area contributed by atoms with Crippen molar-refractivity contribution < 1.29 is 29.1 Å². The average molecular weight is 1190 g/mol. The fourth-order valence-electron chi connectivity index (χ4n) is 9.80. The SMILES string of the molecule is CC(C)(C)c1nc(N(c2[c-]cccc2)c2nc3ccccc3n2-c2ccccc2)nc(C(C)(C)C)n1.[CH2-]c1ccc2c(oc3ccccc32)c1-c1n(-c2ccc(C(C)(C)C)cc2-c2ccccc2)c2ccccc2[n+]1[CH2-].[Ir+3]. The van der Waals surface area contributed by atoms with Crippen LogP contribution >= 0.6 is 0 Å². The smallest absolute Gasteiger partial charge is 0.469 e. The van der Waals surface area contributed by atoms with Gasteiger partial charge in [0.1, 0.15) is 34.3 Å². The van der Waals surface area contributed by atoms with Crippen LogP contribution in [-0.4, -0.2) is 29.1 Å². The van der Waals surface area contributed by atoms with Gasteiger partial charge in [-0.05, 0) is 72.1 Å². The van der Waals surface area contributed by atoms with Gasteiger partial charge in [0.15, 0.2) is 0 Å². The van der Waals surface area contributed by atoms with Crippen LogP contribution in [0.1, 0.15) is 85.1 Å². The Kier molecular flexibility index (Phi) is 13.8. The molecule has 0 N–H and O–H groups in total. The van der Waals surface area contributed by atoms with Crippen LogP contribution in [0.5, 0.6) is 0 Å². The van der Waals surface area contributed by atoms with Crippen LogP contribution in [0.2, 0.25) is 0 Å². The minimum Gasteiger partial charge on any atom is -0.469 e. The van der Waals surface area contributed by atoms with E-state index in [-0.39, 0.29) is 36.4 Å². The van der Waals surface area contributed by atoms with E-state index in [4.69, 9.17) is 24.4 Å². The van der Waals surface area contributed by atoms with E-state index >= 15 is 0 Å². The standard InChI is InChI=1S/C37H31N2O.C30H31N6.Ir/c1-24-19-21-28-27-15-9-12-18-33(27)40-35(28)34(24)36-38(5)31-16-10-11-17-32(31)39(36)30-22-20-26(37(2,3)4)23-29(30)25-13-7-6-8-14-25;1-29(2,3)25-32-26(30(4,5)6)34-27(33-25)36(22-17-11-8-12-18-22)28-31-23-19-13-14-20-24(23)35(28)21-15-9-7-10-16-21;/h6-23H,1,5H2,2-4H3;7-17,19-20H,1-6H3;/q2*-1;+3. The number of hydrogen-bond donors (Lipinski definition) is 0. The van der Waals surface area contributed by atoms with Crippen LogP contribution in [0.3, 0.4) is 0 Å². The summed E-state index contributed by atoms with van der Waals surface area (Å²) in [6.45, 7) is 24.0. The van der Waals surface area contributed by atoms with Crippen LogP contribution in [0.15, 0.2) is 192 Å². The summed E-state index contributed by atoms with van der Waals surface area (Å²) in [5, 5.41) is 2.16. The minimum absolute atomic E-state index is 0. The van der Waals surface area contributed by atoms with E-state index < -0.39 is 0 Å². The van der Waals surface area contributed by atoms with Crippen molar-refractivity contribution in [3.05, 3.63) is 231 Å². The third-order valence-corrected chi connectivity index (χ3v) is 13.8. The summed E-state index contributed by atoms with van der Waals surface area (Å²) in [4.78, 5) is 22.0. The van der Waals surface area contributed by atoms with Gasteiger partial charge in [-0.3, -0.25) is 14.0 Å². The summed E-state index contributed by atoms with van der Waals surface area (Å²) in [7, 11) is 4.56. The van der Waals surface area contributed by atoms with Crippen molar-refractivity contribution in [3.8, 4) is 33.9 Å². The Morgan fingerprint density at radius 2 is 1.19 bits per heavy atom. The van der Waals surface area contributed by atoms with Crippen molar-refractivity contribution >= 4 is 61.6 Å². The first-order valence-electron chi connectivity index (χ1n) is 25.9. The minimum atomic E-state index is -0.261. The monoisotopic (exact) mass is 1190 g/mol. The molecule has 4 heterocycles. The maximum Gasteiger partial charge on any atom is 3.00 e. The Morgan fingerprint density at radius 3 is 1.87 bits per heavy atom. The zero-order chi connectivity index (χ0) is 53.1. The molecule has 0 saturated carbocycles. The predicted molar refractivity (Wildman–Crippen MR) is 311 cm³/mol. The first-order chi connectivity index (χ1) is 36.5. The molecule has 4 aromatic heterocycles. The summed E-state index contributed by atoms with van der Waals surface area (Å²) in [5.74, 6) is 3.61. The molecule has 0 aliphatic rings. The number of fused-ring (bicyclic) bond motifs is 5. The van der Waals surface area contributed by atoms with Crippen LogP contribution < -0.4 is 9.47 Å². The molecule has 0 fully saturated rings. The molecule has 8 aromatic carbocycles. The number of rotatable bonds is 7. The summed E-state index contributed by atoms with van der Waals surface area (Å²) < 4.78 is 13.0. The van der Waals surface area contributed by atoms with Gasteiger partial charge in [0.05, 0.1) is 22.1 Å². The number of anilines is 3. The quantitative estimate of drug-likeness (QED) is 0.117. The van der Waals surface area contributed by atoms with Gasteiger partial charge in [-0.25, -0.2) is 9.97 Å². The molecule has 0 aliphatic carbocycles. The van der Waals surface area contributed by atoms with Crippen molar-refractivity contribution in [2.45, 2.75) is 78.6 Å². The number of nitrogens with zero attached hydrogens (tertiary/aromatic N) is 8. The molecule has 12 rings (SSSR count). The second-order valence-electron chi connectivity index (χ2n) is 22.4. The third kappa shape index (κ3) is 9.80. The summed E-state index contributed by atoms with van der Waals surface area (Å²) in [6, 6.07) is 67.9. The van der Waals surface area contributed by atoms with E-state index in [1.807, 2.05) is 82.3 Å². The Hall–Kier alpha value is -8.30. The molecule has 0 unspecified atom stereocenters. The number of imidazole rings is 2. The van der Waals surface area contributed by atoms with Crippen molar-refractivity contribution in [3.63, 3.8) is 0 Å². The van der Waals surface area contributed by atoms with Gasteiger partial charge in [0, 0.05) is 32.9 Å². The fourth-order valence-corrected chi connectivity index (χ4v) is 9.80. The largest absolute Gasteiger partial charge is 3.00 e. The third-order valence-electron chi connectivity index (χ3n) is 13.8. The van der Waals surface area contributed by atoms with Gasteiger partial charge >= 0.3 is 20.1 Å². The summed E-state index contributed by atoms with van der Waals surface area (Å²) in [6.07, 6.45) is 0. The maximum absolute atomic E-state index is 6.54. The molecule has 0 amide bonds. The Balaban J connectivity index is 0.000000173. The summed E-state index contributed by atoms with van der Waals surface area (Å²) >= 11 is 0. The van der Waals surface area contributed by atoms with Crippen molar-refractivity contribution in [1.82, 2.24) is 29.1 Å². The van der Waals surface area contributed by atoms with E-state index in [1.54, 1.807) is 0 Å². The molecule has 12 aromatic rings. The second kappa shape index (κ2) is 20.3.